The van der Waals surface area contributed by atoms with Gasteiger partial charge >= 0.3 is 7.12 Å². The van der Waals surface area contributed by atoms with Gasteiger partial charge in [0, 0.05) is 6.42 Å². The minimum Gasteiger partial charge on any atom is -0.399 e. The van der Waals surface area contributed by atoms with Crippen LogP contribution in [0.4, 0.5) is 4.39 Å². The summed E-state index contributed by atoms with van der Waals surface area (Å²) in [5.74, 6) is -0.449. The van der Waals surface area contributed by atoms with Crippen molar-refractivity contribution in [3.05, 3.63) is 29.6 Å². The molecule has 1 aromatic rings. The summed E-state index contributed by atoms with van der Waals surface area (Å²) in [6.45, 7) is 9.31. The topological polar surface area (TPSA) is 35.5 Å². The van der Waals surface area contributed by atoms with Crippen LogP contribution in [-0.4, -0.2) is 24.1 Å². The average molecular weight is 278 g/mol. The molecule has 1 saturated heterocycles. The van der Waals surface area contributed by atoms with Crippen LogP contribution in [0.25, 0.3) is 0 Å². The van der Waals surface area contributed by atoms with Gasteiger partial charge in [0.25, 0.3) is 0 Å². The molecule has 20 heavy (non-hydrogen) atoms. The number of carbonyl (C=O) groups excluding carboxylic acids is 1. The molecular weight excluding hydrogens is 258 g/mol. The summed E-state index contributed by atoms with van der Waals surface area (Å²) in [5, 5.41) is 0. The van der Waals surface area contributed by atoms with Crippen molar-refractivity contribution in [3.8, 4) is 0 Å². The number of rotatable bonds is 3. The van der Waals surface area contributed by atoms with Crippen LogP contribution in [0.15, 0.2) is 18.2 Å². The second-order valence-corrected chi connectivity index (χ2v) is 6.32. The molecule has 5 heteroatoms. The van der Waals surface area contributed by atoms with Gasteiger partial charge in [-0.1, -0.05) is 12.1 Å². The van der Waals surface area contributed by atoms with E-state index in [2.05, 4.69) is 0 Å². The molecule has 1 fully saturated rings. The quantitative estimate of drug-likeness (QED) is 0.795. The molecule has 0 radical (unpaired) electrons. The number of halogens is 1. The van der Waals surface area contributed by atoms with Gasteiger partial charge in [-0.15, -0.1) is 0 Å². The molecule has 0 atom stereocenters. The number of hydrogen-bond donors (Lipinski definition) is 0. The highest BCUT2D eigenvalue weighted by Gasteiger charge is 2.51. The van der Waals surface area contributed by atoms with Crippen molar-refractivity contribution in [2.75, 3.05) is 0 Å². The standard InChI is InChI=1S/C15H20BFO3/c1-10(18)8-11-9-12(6-7-13(11)17)16-19-14(2,3)15(4,5)20-16/h6-7,9H,8H2,1-5H3. The molecule has 0 N–H and O–H groups in total. The highest BCUT2D eigenvalue weighted by molar-refractivity contribution is 6.62. The van der Waals surface area contributed by atoms with E-state index in [-0.39, 0.29) is 18.0 Å². The molecule has 0 saturated carbocycles. The largest absolute Gasteiger partial charge is 0.494 e. The van der Waals surface area contributed by atoms with Gasteiger partial charge in [-0.2, -0.15) is 0 Å². The van der Waals surface area contributed by atoms with Crippen LogP contribution in [0, 0.1) is 5.82 Å². The van der Waals surface area contributed by atoms with Gasteiger partial charge in [0.2, 0.25) is 0 Å². The molecule has 108 valence electrons. The van der Waals surface area contributed by atoms with Gasteiger partial charge in [-0.25, -0.2) is 4.39 Å². The van der Waals surface area contributed by atoms with E-state index in [4.69, 9.17) is 9.31 Å². The Kier molecular flexibility index (Phi) is 3.78. The van der Waals surface area contributed by atoms with Crippen molar-refractivity contribution in [2.45, 2.75) is 52.2 Å². The minimum absolute atomic E-state index is 0.0741. The molecule has 1 heterocycles. The molecule has 0 aromatic heterocycles. The van der Waals surface area contributed by atoms with E-state index in [1.54, 1.807) is 12.1 Å². The lowest BCUT2D eigenvalue weighted by Gasteiger charge is -2.32. The van der Waals surface area contributed by atoms with Crippen LogP contribution in [0.3, 0.4) is 0 Å². The Hall–Kier alpha value is -1.20. The van der Waals surface area contributed by atoms with Gasteiger partial charge in [-0.3, -0.25) is 4.79 Å². The Morgan fingerprint density at radius 2 is 1.75 bits per heavy atom. The van der Waals surface area contributed by atoms with Gasteiger partial charge in [0.05, 0.1) is 11.2 Å². The van der Waals surface area contributed by atoms with E-state index >= 15 is 0 Å². The number of Topliss-reactive ketones (excluding diaryl/α,β-unsaturated/α-hetero) is 1. The summed E-state index contributed by atoms with van der Waals surface area (Å²) in [7, 11) is -0.536. The maximum atomic E-state index is 13.7. The lowest BCUT2D eigenvalue weighted by molar-refractivity contribution is -0.116. The minimum atomic E-state index is -0.536. The number of benzene rings is 1. The third-order valence-electron chi connectivity index (χ3n) is 4.03. The molecule has 0 bridgehead atoms. The Bertz CT molecular complexity index is 524. The van der Waals surface area contributed by atoms with Crippen LogP contribution in [0.5, 0.6) is 0 Å². The first-order chi connectivity index (χ1) is 9.12. The number of hydrogen-bond acceptors (Lipinski definition) is 3. The van der Waals surface area contributed by atoms with E-state index < -0.39 is 18.3 Å². The molecule has 1 aliphatic rings. The maximum absolute atomic E-state index is 13.7. The van der Waals surface area contributed by atoms with Crippen LogP contribution >= 0.6 is 0 Å². The second-order valence-electron chi connectivity index (χ2n) is 6.32. The predicted octanol–water partition coefficient (Wildman–Crippen LogP) is 2.26. The summed E-state index contributed by atoms with van der Waals surface area (Å²) in [6.07, 6.45) is 0.0825. The third-order valence-corrected chi connectivity index (χ3v) is 4.03. The van der Waals surface area contributed by atoms with Crippen LogP contribution in [0.1, 0.15) is 40.2 Å². The van der Waals surface area contributed by atoms with Gasteiger partial charge < -0.3 is 9.31 Å². The normalized spacial score (nSPS) is 20.2. The van der Waals surface area contributed by atoms with E-state index in [9.17, 15) is 9.18 Å². The fourth-order valence-electron chi connectivity index (χ4n) is 2.12. The smallest absolute Gasteiger partial charge is 0.399 e. The SMILES string of the molecule is CC(=O)Cc1cc(B2OC(C)(C)C(C)(C)O2)ccc1F. The van der Waals surface area contributed by atoms with E-state index in [0.29, 0.717) is 5.56 Å². The molecule has 0 unspecified atom stereocenters. The molecule has 1 aliphatic heterocycles. The van der Waals surface area contributed by atoms with E-state index in [0.717, 1.165) is 5.46 Å². The lowest BCUT2D eigenvalue weighted by Crippen LogP contribution is -2.41. The van der Waals surface area contributed by atoms with Crippen molar-refractivity contribution in [2.24, 2.45) is 0 Å². The third kappa shape index (κ3) is 2.79. The molecule has 0 amide bonds. The summed E-state index contributed by atoms with van der Waals surface area (Å²) in [5.41, 5.74) is 0.241. The monoisotopic (exact) mass is 278 g/mol. The van der Waals surface area contributed by atoms with Gasteiger partial charge in [0.1, 0.15) is 11.6 Å². The fourth-order valence-corrected chi connectivity index (χ4v) is 2.12. The molecule has 1 aromatic carbocycles. The van der Waals surface area contributed by atoms with E-state index in [1.807, 2.05) is 27.7 Å². The van der Waals surface area contributed by atoms with Crippen molar-refractivity contribution < 1.29 is 18.5 Å². The molecular formula is C15H20BFO3. The summed E-state index contributed by atoms with van der Waals surface area (Å²) in [4.78, 5) is 11.2. The lowest BCUT2D eigenvalue weighted by atomic mass is 9.78. The molecule has 0 spiro atoms. The maximum Gasteiger partial charge on any atom is 0.494 e. The van der Waals surface area contributed by atoms with Gasteiger partial charge in [0.15, 0.2) is 0 Å². The van der Waals surface area contributed by atoms with Crippen molar-refractivity contribution in [1.29, 1.82) is 0 Å². The Morgan fingerprint density at radius 1 is 1.20 bits per heavy atom. The van der Waals surface area contributed by atoms with Gasteiger partial charge in [-0.05, 0) is 51.7 Å². The number of ketones is 1. The summed E-state index contributed by atoms with van der Waals surface area (Å²) >= 11 is 0. The predicted molar refractivity (Wildman–Crippen MR) is 76.5 cm³/mol. The Labute approximate surface area is 119 Å². The van der Waals surface area contributed by atoms with Crippen LogP contribution in [-0.2, 0) is 20.5 Å². The van der Waals surface area contributed by atoms with Crippen LogP contribution < -0.4 is 5.46 Å². The molecule has 3 nitrogen and oxygen atoms in total. The average Bonchev–Trinajstić information content (AvgIpc) is 2.50. The van der Waals surface area contributed by atoms with Crippen molar-refractivity contribution in [3.63, 3.8) is 0 Å². The van der Waals surface area contributed by atoms with Crippen LogP contribution in [0.2, 0.25) is 0 Å². The zero-order valence-corrected chi connectivity index (χ0v) is 12.6. The second kappa shape index (κ2) is 4.97. The number of carbonyl (C=O) groups is 1. The molecule has 0 aliphatic carbocycles. The highest BCUT2D eigenvalue weighted by Crippen LogP contribution is 2.36. The Balaban J connectivity index is 2.29. The van der Waals surface area contributed by atoms with Crippen molar-refractivity contribution in [1.82, 2.24) is 0 Å². The van der Waals surface area contributed by atoms with Crippen molar-refractivity contribution >= 4 is 18.4 Å². The summed E-state index contributed by atoms with van der Waals surface area (Å²) in [6, 6.07) is 4.65. The molecule has 2 rings (SSSR count). The Morgan fingerprint density at radius 3 is 2.25 bits per heavy atom. The highest BCUT2D eigenvalue weighted by atomic mass is 19.1. The van der Waals surface area contributed by atoms with E-state index in [1.165, 1.54) is 13.0 Å². The zero-order valence-electron chi connectivity index (χ0n) is 12.6. The first kappa shape index (κ1) is 15.2. The first-order valence-corrected chi connectivity index (χ1v) is 6.76. The fraction of sp³-hybridized carbons (Fsp3) is 0.533. The summed E-state index contributed by atoms with van der Waals surface area (Å²) < 4.78 is 25.5. The zero-order chi connectivity index (χ0) is 15.1. The first-order valence-electron chi connectivity index (χ1n) is 6.76.